The lowest BCUT2D eigenvalue weighted by Gasteiger charge is -2.38. The Morgan fingerprint density at radius 2 is 1.85 bits per heavy atom. The molecule has 2 unspecified atom stereocenters. The molecule has 8 nitrogen and oxygen atoms in total. The Labute approximate surface area is 179 Å². The van der Waals surface area contributed by atoms with Crippen LogP contribution in [0.4, 0.5) is 0 Å². The van der Waals surface area contributed by atoms with Crippen molar-refractivity contribution in [3.63, 3.8) is 0 Å². The summed E-state index contributed by atoms with van der Waals surface area (Å²) in [7, 11) is 3.46. The third kappa shape index (κ3) is 7.10. The third-order valence-corrected chi connectivity index (χ3v) is 4.95. The van der Waals surface area contributed by atoms with Crippen molar-refractivity contribution in [3.8, 4) is 0 Å². The van der Waals surface area contributed by atoms with Crippen LogP contribution in [-0.4, -0.2) is 98.0 Å². The Kier molecular flexibility index (Phi) is 10.4. The van der Waals surface area contributed by atoms with Crippen LogP contribution in [0.25, 0.3) is 0 Å². The highest BCUT2D eigenvalue weighted by atomic mass is 127. The number of likely N-dealkylation sites (N-methyl/N-ethyl adjacent to an activating group) is 1. The van der Waals surface area contributed by atoms with Crippen molar-refractivity contribution >= 4 is 41.8 Å². The number of nitrogens with zero attached hydrogens (tertiary/aromatic N) is 4. The summed E-state index contributed by atoms with van der Waals surface area (Å²) < 4.78 is 5.51. The largest absolute Gasteiger partial charge is 0.368 e. The number of halogens is 1. The van der Waals surface area contributed by atoms with Crippen molar-refractivity contribution in [2.45, 2.75) is 45.3 Å². The molecule has 1 N–H and O–H groups in total. The van der Waals surface area contributed by atoms with Crippen LogP contribution in [-0.2, 0) is 14.3 Å². The van der Waals surface area contributed by atoms with E-state index in [0.29, 0.717) is 32.8 Å². The molecule has 2 aliphatic rings. The lowest BCUT2D eigenvalue weighted by atomic mass is 10.2. The molecule has 0 radical (unpaired) electrons. The van der Waals surface area contributed by atoms with E-state index in [1.54, 1.807) is 19.0 Å². The Balaban J connectivity index is 0.00000364. The number of amides is 2. The fourth-order valence-corrected chi connectivity index (χ4v) is 2.96. The summed E-state index contributed by atoms with van der Waals surface area (Å²) in [5.41, 5.74) is 0. The molecule has 2 amide bonds. The van der Waals surface area contributed by atoms with Crippen LogP contribution in [0.2, 0.25) is 0 Å². The minimum Gasteiger partial charge on any atom is -0.368 e. The van der Waals surface area contributed by atoms with Crippen molar-refractivity contribution in [3.05, 3.63) is 0 Å². The van der Waals surface area contributed by atoms with Gasteiger partial charge in [-0.05, 0) is 26.2 Å². The molecule has 0 aromatic heterocycles. The summed E-state index contributed by atoms with van der Waals surface area (Å²) in [6, 6.07) is 0.273. The van der Waals surface area contributed by atoms with Crippen LogP contribution in [0.15, 0.2) is 4.99 Å². The lowest BCUT2D eigenvalue weighted by Crippen LogP contribution is -2.56. The second kappa shape index (κ2) is 11.7. The minimum absolute atomic E-state index is 0. The maximum absolute atomic E-state index is 12.5. The highest BCUT2D eigenvalue weighted by molar-refractivity contribution is 14.0. The summed E-state index contributed by atoms with van der Waals surface area (Å²) in [4.78, 5) is 34.4. The van der Waals surface area contributed by atoms with E-state index in [0.717, 1.165) is 25.2 Å². The zero-order valence-electron chi connectivity index (χ0n) is 16.9. The maximum atomic E-state index is 12.5. The molecular formula is C18H34IN5O3. The average Bonchev–Trinajstić information content (AvgIpc) is 3.18. The van der Waals surface area contributed by atoms with Gasteiger partial charge >= 0.3 is 0 Å². The topological polar surface area (TPSA) is 77.5 Å². The van der Waals surface area contributed by atoms with E-state index in [1.165, 1.54) is 0 Å². The molecule has 0 bridgehead atoms. The summed E-state index contributed by atoms with van der Waals surface area (Å²) in [5, 5.41) is 3.41. The normalized spacial score (nSPS) is 21.5. The summed E-state index contributed by atoms with van der Waals surface area (Å²) >= 11 is 0. The first-order valence-corrected chi connectivity index (χ1v) is 9.58. The van der Waals surface area contributed by atoms with Crippen molar-refractivity contribution < 1.29 is 14.3 Å². The molecule has 0 aliphatic carbocycles. The summed E-state index contributed by atoms with van der Waals surface area (Å²) in [6.45, 7) is 7.74. The predicted octanol–water partition coefficient (Wildman–Crippen LogP) is 0.760. The highest BCUT2D eigenvalue weighted by Gasteiger charge is 2.31. The first kappa shape index (κ1) is 23.9. The van der Waals surface area contributed by atoms with Gasteiger partial charge in [-0.2, -0.15) is 0 Å². The number of piperazine rings is 1. The van der Waals surface area contributed by atoms with E-state index in [2.05, 4.69) is 29.1 Å². The van der Waals surface area contributed by atoms with Gasteiger partial charge in [0, 0.05) is 52.9 Å². The molecule has 0 aromatic rings. The van der Waals surface area contributed by atoms with Gasteiger partial charge in [0.1, 0.15) is 12.6 Å². The molecule has 156 valence electrons. The minimum atomic E-state index is -0.259. The van der Waals surface area contributed by atoms with Crippen LogP contribution in [0.5, 0.6) is 0 Å². The number of guanidine groups is 1. The molecule has 27 heavy (non-hydrogen) atoms. The molecule has 2 rings (SSSR count). The van der Waals surface area contributed by atoms with E-state index in [1.807, 2.05) is 4.90 Å². The van der Waals surface area contributed by atoms with Crippen molar-refractivity contribution in [1.29, 1.82) is 0 Å². The molecule has 2 fully saturated rings. The van der Waals surface area contributed by atoms with Crippen LogP contribution in [0.1, 0.15) is 33.1 Å². The zero-order chi connectivity index (χ0) is 19.1. The fraction of sp³-hybridized carbons (Fsp3) is 0.833. The number of rotatable bonds is 5. The first-order valence-electron chi connectivity index (χ1n) is 9.58. The standard InChI is InChI=1S/C18H33N5O3.HI/c1-5-14(2)20-18(19-13-16(24)21(3)4)23-10-8-22(9-11-23)17(25)15-7-6-12-26-15;/h14-15H,5-13H2,1-4H3,(H,19,20);1H. The Bertz CT molecular complexity index is 515. The number of carbonyl (C=O) groups excluding carboxylic acids is 2. The second-order valence-electron chi connectivity index (χ2n) is 7.20. The monoisotopic (exact) mass is 495 g/mol. The van der Waals surface area contributed by atoms with Gasteiger partial charge in [-0.25, -0.2) is 4.99 Å². The van der Waals surface area contributed by atoms with Crippen LogP contribution in [0.3, 0.4) is 0 Å². The summed E-state index contributed by atoms with van der Waals surface area (Å²) in [6.07, 6.45) is 2.50. The number of aliphatic imine (C=N–C) groups is 1. The molecule has 9 heteroatoms. The van der Waals surface area contributed by atoms with E-state index in [-0.39, 0.29) is 54.5 Å². The molecule has 2 atom stereocenters. The van der Waals surface area contributed by atoms with E-state index < -0.39 is 0 Å². The van der Waals surface area contributed by atoms with Gasteiger partial charge in [0.2, 0.25) is 5.91 Å². The van der Waals surface area contributed by atoms with Crippen LogP contribution in [0, 0.1) is 0 Å². The third-order valence-electron chi connectivity index (χ3n) is 4.95. The number of carbonyl (C=O) groups is 2. The second-order valence-corrected chi connectivity index (χ2v) is 7.20. The Hall–Kier alpha value is -1.10. The smallest absolute Gasteiger partial charge is 0.251 e. The van der Waals surface area contributed by atoms with Crippen molar-refractivity contribution in [2.75, 3.05) is 53.4 Å². The van der Waals surface area contributed by atoms with Gasteiger partial charge < -0.3 is 24.8 Å². The quantitative estimate of drug-likeness (QED) is 0.346. The van der Waals surface area contributed by atoms with E-state index in [4.69, 9.17) is 4.74 Å². The van der Waals surface area contributed by atoms with Gasteiger partial charge in [0.25, 0.3) is 5.91 Å². The number of nitrogens with one attached hydrogen (secondary N) is 1. The van der Waals surface area contributed by atoms with E-state index >= 15 is 0 Å². The number of hydrogen-bond acceptors (Lipinski definition) is 4. The molecule has 2 heterocycles. The van der Waals surface area contributed by atoms with Crippen molar-refractivity contribution in [2.24, 2.45) is 4.99 Å². The lowest BCUT2D eigenvalue weighted by molar-refractivity contribution is -0.142. The van der Waals surface area contributed by atoms with E-state index in [9.17, 15) is 9.59 Å². The van der Waals surface area contributed by atoms with Gasteiger partial charge in [0.05, 0.1) is 0 Å². The highest BCUT2D eigenvalue weighted by Crippen LogP contribution is 2.16. The van der Waals surface area contributed by atoms with Gasteiger partial charge in [-0.1, -0.05) is 6.92 Å². The first-order chi connectivity index (χ1) is 12.4. The molecular weight excluding hydrogens is 461 g/mol. The van der Waals surface area contributed by atoms with Gasteiger partial charge in [-0.15, -0.1) is 24.0 Å². The fourth-order valence-electron chi connectivity index (χ4n) is 2.96. The van der Waals surface area contributed by atoms with Crippen LogP contribution >= 0.6 is 24.0 Å². The maximum Gasteiger partial charge on any atom is 0.251 e. The number of ether oxygens (including phenoxy) is 1. The van der Waals surface area contributed by atoms with Crippen molar-refractivity contribution in [1.82, 2.24) is 20.0 Å². The van der Waals surface area contributed by atoms with Gasteiger partial charge in [0.15, 0.2) is 5.96 Å². The molecule has 2 aliphatic heterocycles. The Morgan fingerprint density at radius 1 is 1.22 bits per heavy atom. The molecule has 0 saturated carbocycles. The average molecular weight is 495 g/mol. The molecule has 2 saturated heterocycles. The zero-order valence-corrected chi connectivity index (χ0v) is 19.3. The number of hydrogen-bond donors (Lipinski definition) is 1. The van der Waals surface area contributed by atoms with Gasteiger partial charge in [-0.3, -0.25) is 9.59 Å². The predicted molar refractivity (Wildman–Crippen MR) is 116 cm³/mol. The molecule has 0 aromatic carbocycles. The SMILES string of the molecule is CCC(C)NC(=NCC(=O)N(C)C)N1CCN(C(=O)C2CCCO2)CC1.I. The van der Waals surface area contributed by atoms with Crippen LogP contribution < -0.4 is 5.32 Å². The molecule has 0 spiro atoms. The summed E-state index contributed by atoms with van der Waals surface area (Å²) in [5.74, 6) is 0.831. The Morgan fingerprint density at radius 3 is 2.37 bits per heavy atom.